The van der Waals surface area contributed by atoms with Gasteiger partial charge in [0, 0.05) is 30.7 Å². The summed E-state index contributed by atoms with van der Waals surface area (Å²) in [6.45, 7) is 7.02. The van der Waals surface area contributed by atoms with Crippen LogP contribution in [0.1, 0.15) is 47.1 Å². The monoisotopic (exact) mass is 433 g/mol. The van der Waals surface area contributed by atoms with E-state index in [1.54, 1.807) is 29.2 Å². The van der Waals surface area contributed by atoms with Crippen LogP contribution in [-0.4, -0.2) is 58.2 Å². The van der Waals surface area contributed by atoms with E-state index in [0.29, 0.717) is 36.4 Å². The molecule has 1 aliphatic heterocycles. The van der Waals surface area contributed by atoms with E-state index < -0.39 is 0 Å². The Kier molecular flexibility index (Phi) is 5.99. The number of nitrogens with zero attached hydrogens (tertiary/aromatic N) is 2. The van der Waals surface area contributed by atoms with Crippen molar-refractivity contribution in [3.63, 3.8) is 0 Å². The first-order valence-corrected chi connectivity index (χ1v) is 10.9. The molecule has 1 unspecified atom stereocenters. The van der Waals surface area contributed by atoms with Crippen LogP contribution in [0, 0.1) is 0 Å². The number of para-hydroxylation sites is 1. The van der Waals surface area contributed by atoms with Crippen molar-refractivity contribution in [1.29, 1.82) is 0 Å². The molecule has 1 aromatic heterocycles. The van der Waals surface area contributed by atoms with Crippen molar-refractivity contribution in [3.8, 4) is 5.75 Å². The Morgan fingerprint density at radius 2 is 1.69 bits per heavy atom. The van der Waals surface area contributed by atoms with Crippen LogP contribution < -0.4 is 4.74 Å². The molecule has 7 heteroatoms. The summed E-state index contributed by atoms with van der Waals surface area (Å²) in [4.78, 5) is 44.2. The van der Waals surface area contributed by atoms with Gasteiger partial charge in [0.15, 0.2) is 6.61 Å². The van der Waals surface area contributed by atoms with E-state index in [0.717, 1.165) is 16.5 Å². The Labute approximate surface area is 187 Å². The lowest BCUT2D eigenvalue weighted by atomic mass is 10.0. The van der Waals surface area contributed by atoms with Crippen LogP contribution in [0.5, 0.6) is 5.75 Å². The number of likely N-dealkylation sites (N-methyl/N-ethyl adjacent to an activating group) is 1. The van der Waals surface area contributed by atoms with Crippen LogP contribution in [0.2, 0.25) is 0 Å². The first-order chi connectivity index (χ1) is 15.5. The molecule has 7 nitrogen and oxygen atoms in total. The summed E-state index contributed by atoms with van der Waals surface area (Å²) in [6.07, 6.45) is 2.38. The number of imide groups is 1. The molecule has 3 aromatic rings. The number of rotatable bonds is 8. The molecule has 1 atom stereocenters. The summed E-state index contributed by atoms with van der Waals surface area (Å²) in [5, 5.41) is 0.946. The van der Waals surface area contributed by atoms with Gasteiger partial charge in [0.2, 0.25) is 0 Å². The molecule has 0 saturated heterocycles. The van der Waals surface area contributed by atoms with Gasteiger partial charge < -0.3 is 14.6 Å². The molecule has 1 aliphatic rings. The Hall–Kier alpha value is -3.61. The number of hydrogen-bond acceptors (Lipinski definition) is 4. The minimum Gasteiger partial charge on any atom is -0.482 e. The van der Waals surface area contributed by atoms with Gasteiger partial charge >= 0.3 is 0 Å². The molecular formula is C25H27N3O4. The van der Waals surface area contributed by atoms with E-state index in [2.05, 4.69) is 4.98 Å². The number of benzene rings is 2. The predicted molar refractivity (Wildman–Crippen MR) is 122 cm³/mol. The van der Waals surface area contributed by atoms with Gasteiger partial charge in [0.25, 0.3) is 17.7 Å². The quantitative estimate of drug-likeness (QED) is 0.550. The normalized spacial score (nSPS) is 14.0. The maximum Gasteiger partial charge on any atom is 0.261 e. The van der Waals surface area contributed by atoms with Crippen molar-refractivity contribution in [2.24, 2.45) is 0 Å². The van der Waals surface area contributed by atoms with Crippen LogP contribution in [0.3, 0.4) is 0 Å². The van der Waals surface area contributed by atoms with Crippen LogP contribution in [0.25, 0.3) is 10.9 Å². The van der Waals surface area contributed by atoms with Gasteiger partial charge in [-0.2, -0.15) is 0 Å². The standard InChI is InChI=1S/C25H27N3O4/c1-4-27(5-2)22(29)15-32-21-12-8-11-18-17(14-26-23(18)21)13-16(3)28-24(30)19-9-6-7-10-20(19)25(28)31/h6-12,14,16,26H,4-5,13,15H2,1-3H3. The number of carbonyl (C=O) groups is 3. The molecule has 3 amide bonds. The molecule has 0 radical (unpaired) electrons. The lowest BCUT2D eigenvalue weighted by Crippen LogP contribution is -2.39. The van der Waals surface area contributed by atoms with Gasteiger partial charge in [-0.05, 0) is 51.0 Å². The van der Waals surface area contributed by atoms with E-state index in [4.69, 9.17) is 4.74 Å². The van der Waals surface area contributed by atoms with E-state index >= 15 is 0 Å². The molecule has 0 fully saturated rings. The van der Waals surface area contributed by atoms with Gasteiger partial charge in [-0.15, -0.1) is 0 Å². The van der Waals surface area contributed by atoms with Crippen LogP contribution >= 0.6 is 0 Å². The first-order valence-electron chi connectivity index (χ1n) is 10.9. The third-order valence-electron chi connectivity index (χ3n) is 6.01. The summed E-state index contributed by atoms with van der Waals surface area (Å²) in [6, 6.07) is 12.3. The smallest absolute Gasteiger partial charge is 0.261 e. The Bertz CT molecular complexity index is 1140. The Morgan fingerprint density at radius 3 is 2.31 bits per heavy atom. The molecule has 0 bridgehead atoms. The number of H-pyrrole nitrogens is 1. The fraction of sp³-hybridized carbons (Fsp3) is 0.320. The van der Waals surface area contributed by atoms with Gasteiger partial charge in [-0.3, -0.25) is 19.3 Å². The van der Waals surface area contributed by atoms with E-state index in [1.165, 1.54) is 4.90 Å². The number of nitrogens with one attached hydrogen (secondary N) is 1. The first kappa shape index (κ1) is 21.6. The lowest BCUT2D eigenvalue weighted by molar-refractivity contribution is -0.132. The molecule has 166 valence electrons. The number of amides is 3. The number of fused-ring (bicyclic) bond motifs is 2. The molecule has 32 heavy (non-hydrogen) atoms. The van der Waals surface area contributed by atoms with Crippen molar-refractivity contribution in [3.05, 3.63) is 65.4 Å². The highest BCUT2D eigenvalue weighted by molar-refractivity contribution is 6.21. The maximum atomic E-state index is 12.8. The van der Waals surface area contributed by atoms with Gasteiger partial charge in [0.1, 0.15) is 5.75 Å². The molecule has 1 N–H and O–H groups in total. The largest absolute Gasteiger partial charge is 0.482 e. The summed E-state index contributed by atoms with van der Waals surface area (Å²) >= 11 is 0. The number of hydrogen-bond donors (Lipinski definition) is 1. The zero-order chi connectivity index (χ0) is 22.8. The number of ether oxygens (including phenoxy) is 1. The molecule has 4 rings (SSSR count). The molecule has 0 aliphatic carbocycles. The Balaban J connectivity index is 1.52. The highest BCUT2D eigenvalue weighted by atomic mass is 16.5. The third kappa shape index (κ3) is 3.75. The second kappa shape index (κ2) is 8.86. The van der Waals surface area contributed by atoms with Crippen LogP contribution in [-0.2, 0) is 11.2 Å². The van der Waals surface area contributed by atoms with Crippen molar-refractivity contribution < 1.29 is 19.1 Å². The second-order valence-electron chi connectivity index (χ2n) is 7.93. The summed E-state index contributed by atoms with van der Waals surface area (Å²) in [5.41, 5.74) is 2.68. The minimum absolute atomic E-state index is 0.0272. The number of carbonyl (C=O) groups excluding carboxylic acids is 3. The topological polar surface area (TPSA) is 82.7 Å². The average molecular weight is 434 g/mol. The fourth-order valence-corrected chi connectivity index (χ4v) is 4.30. The minimum atomic E-state index is -0.310. The summed E-state index contributed by atoms with van der Waals surface area (Å²) < 4.78 is 5.82. The van der Waals surface area contributed by atoms with Crippen molar-refractivity contribution in [2.45, 2.75) is 33.2 Å². The molecule has 0 spiro atoms. The maximum absolute atomic E-state index is 12.8. The molecule has 2 heterocycles. The van der Waals surface area contributed by atoms with Crippen molar-refractivity contribution >= 4 is 28.6 Å². The average Bonchev–Trinajstić information content (AvgIpc) is 3.32. The second-order valence-corrected chi connectivity index (χ2v) is 7.93. The summed E-state index contributed by atoms with van der Waals surface area (Å²) in [7, 11) is 0. The van der Waals surface area contributed by atoms with Gasteiger partial charge in [-0.25, -0.2) is 0 Å². The highest BCUT2D eigenvalue weighted by Gasteiger charge is 2.38. The van der Waals surface area contributed by atoms with Crippen molar-refractivity contribution in [2.75, 3.05) is 19.7 Å². The SMILES string of the molecule is CCN(CC)C(=O)COc1cccc2c(CC(C)N3C(=O)c4ccccc4C3=O)c[nH]c12. The zero-order valence-electron chi connectivity index (χ0n) is 18.6. The molecular weight excluding hydrogens is 406 g/mol. The molecule has 2 aromatic carbocycles. The fourth-order valence-electron chi connectivity index (χ4n) is 4.30. The lowest BCUT2D eigenvalue weighted by Gasteiger charge is -2.22. The predicted octanol–water partition coefficient (Wildman–Crippen LogP) is 3.64. The van der Waals surface area contributed by atoms with E-state index in [9.17, 15) is 14.4 Å². The summed E-state index contributed by atoms with van der Waals surface area (Å²) in [5.74, 6) is 0.0365. The van der Waals surface area contributed by atoms with Crippen molar-refractivity contribution in [1.82, 2.24) is 14.8 Å². The Morgan fingerprint density at radius 1 is 1.03 bits per heavy atom. The van der Waals surface area contributed by atoms with E-state index in [1.807, 2.05) is 45.2 Å². The van der Waals surface area contributed by atoms with E-state index in [-0.39, 0.29) is 30.4 Å². The molecule has 0 saturated carbocycles. The zero-order valence-corrected chi connectivity index (χ0v) is 18.6. The number of aromatic nitrogens is 1. The van der Waals surface area contributed by atoms with Crippen LogP contribution in [0.15, 0.2) is 48.7 Å². The van der Waals surface area contributed by atoms with Crippen LogP contribution in [0.4, 0.5) is 0 Å². The van der Waals surface area contributed by atoms with Gasteiger partial charge in [-0.1, -0.05) is 24.3 Å². The highest BCUT2D eigenvalue weighted by Crippen LogP contribution is 2.30. The third-order valence-corrected chi connectivity index (χ3v) is 6.01. The number of aromatic amines is 1. The van der Waals surface area contributed by atoms with Gasteiger partial charge in [0.05, 0.1) is 16.6 Å².